The molecule has 3 aromatic carbocycles. The van der Waals surface area contributed by atoms with Gasteiger partial charge in [0, 0.05) is 46.9 Å². The van der Waals surface area contributed by atoms with Crippen LogP contribution in [0.15, 0.2) is 77.7 Å². The van der Waals surface area contributed by atoms with Gasteiger partial charge in [-0.2, -0.15) is 4.31 Å². The number of hydrogen-bond acceptors (Lipinski definition) is 6. The summed E-state index contributed by atoms with van der Waals surface area (Å²) >= 11 is 6.18. The molecular formula is C34H42ClFN4O4S. The Bertz CT molecular complexity index is 1580. The molecule has 2 aliphatic rings. The van der Waals surface area contributed by atoms with Crippen molar-refractivity contribution in [1.82, 2.24) is 9.62 Å². The van der Waals surface area contributed by atoms with Crippen molar-refractivity contribution in [3.8, 4) is 0 Å². The number of carbonyl (C=O) groups excluding carboxylic acids is 1. The third kappa shape index (κ3) is 7.11. The van der Waals surface area contributed by atoms with Crippen molar-refractivity contribution < 1.29 is 22.3 Å². The number of anilines is 1. The second-order valence-electron chi connectivity index (χ2n) is 12.4. The van der Waals surface area contributed by atoms with E-state index in [2.05, 4.69) is 10.6 Å². The highest BCUT2D eigenvalue weighted by molar-refractivity contribution is 7.89. The van der Waals surface area contributed by atoms with Crippen molar-refractivity contribution >= 4 is 33.2 Å². The van der Waals surface area contributed by atoms with Gasteiger partial charge in [-0.15, -0.1) is 0 Å². The van der Waals surface area contributed by atoms with E-state index in [0.717, 1.165) is 5.56 Å². The SMILES string of the molecule is C[C@@H]1CC(c2ccc(Cl)cc2)(C(N)C(=O)Nc2cccc(F)c2CC[C@H]2CNC[C@H](C)N2S(=O)(=O)c2ccccc2)C[C@H](C)O1. The summed E-state index contributed by atoms with van der Waals surface area (Å²) in [5.74, 6) is -0.907. The highest BCUT2D eigenvalue weighted by Gasteiger charge is 2.47. The summed E-state index contributed by atoms with van der Waals surface area (Å²) in [6.07, 6.45) is 1.36. The van der Waals surface area contributed by atoms with Gasteiger partial charge in [0.1, 0.15) is 5.82 Å². The number of nitrogens with zero attached hydrogens (tertiary/aromatic N) is 1. The number of carbonyl (C=O) groups is 1. The van der Waals surface area contributed by atoms with Crippen LogP contribution < -0.4 is 16.4 Å². The predicted octanol–water partition coefficient (Wildman–Crippen LogP) is 5.25. The molecule has 45 heavy (non-hydrogen) atoms. The second kappa shape index (κ2) is 13.9. The molecule has 2 fully saturated rings. The molecule has 4 N–H and O–H groups in total. The van der Waals surface area contributed by atoms with Crippen LogP contribution in [0.4, 0.5) is 10.1 Å². The smallest absolute Gasteiger partial charge is 0.243 e. The van der Waals surface area contributed by atoms with E-state index < -0.39 is 39.2 Å². The lowest BCUT2D eigenvalue weighted by Crippen LogP contribution is -2.58. The predicted molar refractivity (Wildman–Crippen MR) is 175 cm³/mol. The fraction of sp³-hybridized carbons (Fsp3) is 0.441. The number of nitrogens with two attached hydrogens (primary N) is 1. The summed E-state index contributed by atoms with van der Waals surface area (Å²) < 4.78 is 50.3. The molecule has 0 bridgehead atoms. The minimum atomic E-state index is -3.78. The minimum Gasteiger partial charge on any atom is -0.375 e. The van der Waals surface area contributed by atoms with Crippen molar-refractivity contribution in [2.45, 2.75) is 87.1 Å². The van der Waals surface area contributed by atoms with Gasteiger partial charge in [0.25, 0.3) is 0 Å². The molecule has 242 valence electrons. The van der Waals surface area contributed by atoms with Crippen LogP contribution in [0.3, 0.4) is 0 Å². The zero-order chi connectivity index (χ0) is 32.4. The quantitative estimate of drug-likeness (QED) is 0.290. The van der Waals surface area contributed by atoms with Gasteiger partial charge in [0.05, 0.1) is 23.1 Å². The Balaban J connectivity index is 1.39. The molecule has 2 unspecified atom stereocenters. The van der Waals surface area contributed by atoms with E-state index in [4.69, 9.17) is 22.1 Å². The first kappa shape index (κ1) is 33.5. The maximum absolute atomic E-state index is 15.4. The number of ether oxygens (including phenoxy) is 1. The molecule has 2 aliphatic heterocycles. The summed E-state index contributed by atoms with van der Waals surface area (Å²) in [5, 5.41) is 6.83. The lowest BCUT2D eigenvalue weighted by molar-refractivity contribution is -0.122. The van der Waals surface area contributed by atoms with E-state index in [1.165, 1.54) is 10.4 Å². The van der Waals surface area contributed by atoms with Gasteiger partial charge < -0.3 is 21.1 Å². The van der Waals surface area contributed by atoms with Crippen LogP contribution in [0.2, 0.25) is 5.02 Å². The fourth-order valence-corrected chi connectivity index (χ4v) is 9.12. The van der Waals surface area contributed by atoms with Crippen LogP contribution >= 0.6 is 11.6 Å². The van der Waals surface area contributed by atoms with Crippen LogP contribution in [-0.2, 0) is 31.4 Å². The maximum atomic E-state index is 15.4. The van der Waals surface area contributed by atoms with Crippen LogP contribution in [-0.4, -0.2) is 62.1 Å². The Hall–Kier alpha value is -2.86. The Morgan fingerprint density at radius 2 is 1.71 bits per heavy atom. The molecule has 0 radical (unpaired) electrons. The van der Waals surface area contributed by atoms with Crippen molar-refractivity contribution in [2.24, 2.45) is 5.73 Å². The number of rotatable bonds is 9. The molecule has 6 atom stereocenters. The number of benzene rings is 3. The number of amides is 1. The third-order valence-corrected chi connectivity index (χ3v) is 11.4. The van der Waals surface area contributed by atoms with Crippen molar-refractivity contribution in [2.75, 3.05) is 18.4 Å². The summed E-state index contributed by atoms with van der Waals surface area (Å²) in [6, 6.07) is 18.6. The Morgan fingerprint density at radius 3 is 2.38 bits per heavy atom. The minimum absolute atomic E-state index is 0.130. The molecule has 3 aromatic rings. The Labute approximate surface area is 270 Å². The van der Waals surface area contributed by atoms with Gasteiger partial charge in [-0.3, -0.25) is 4.79 Å². The summed E-state index contributed by atoms with van der Waals surface area (Å²) in [4.78, 5) is 14.1. The fourth-order valence-electron chi connectivity index (χ4n) is 7.13. The number of halogens is 2. The standard InChI is InChI=1S/C34H42ClFN4O4S/c1-22-20-38-21-27(40(22)45(42,43)28-8-5-4-6-9-28)16-17-29-30(36)10-7-11-31(29)39-33(41)32(37)34(18-23(2)44-24(3)19-34)25-12-14-26(35)15-13-25/h4-15,22-24,27,32,38H,16-21,37H2,1-3H3,(H,39,41)/t22-,23-,24+,27-,32?,34?/m0/s1. The van der Waals surface area contributed by atoms with Crippen LogP contribution in [0.25, 0.3) is 0 Å². The summed E-state index contributed by atoms with van der Waals surface area (Å²) in [5.41, 5.74) is 7.61. The highest BCUT2D eigenvalue weighted by Crippen LogP contribution is 2.43. The van der Waals surface area contributed by atoms with Gasteiger partial charge in [0.2, 0.25) is 15.9 Å². The van der Waals surface area contributed by atoms with Crippen molar-refractivity contribution in [3.05, 3.63) is 94.8 Å². The van der Waals surface area contributed by atoms with E-state index in [9.17, 15) is 13.2 Å². The van der Waals surface area contributed by atoms with E-state index in [1.54, 1.807) is 54.6 Å². The van der Waals surface area contributed by atoms with E-state index >= 15 is 4.39 Å². The van der Waals surface area contributed by atoms with Crippen LogP contribution in [0.5, 0.6) is 0 Å². The first-order valence-electron chi connectivity index (χ1n) is 15.5. The normalized spacial score (nSPS) is 26.7. The average molecular weight is 657 g/mol. The van der Waals surface area contributed by atoms with Crippen molar-refractivity contribution in [3.63, 3.8) is 0 Å². The van der Waals surface area contributed by atoms with E-state index in [-0.39, 0.29) is 29.6 Å². The topological polar surface area (TPSA) is 114 Å². The molecule has 0 aromatic heterocycles. The molecule has 2 heterocycles. The number of sulfonamides is 1. The molecule has 8 nitrogen and oxygen atoms in total. The van der Waals surface area contributed by atoms with Crippen LogP contribution in [0.1, 0.15) is 51.2 Å². The van der Waals surface area contributed by atoms with Gasteiger partial charge in [-0.25, -0.2) is 12.8 Å². The zero-order valence-electron chi connectivity index (χ0n) is 25.9. The summed E-state index contributed by atoms with van der Waals surface area (Å²) in [7, 11) is -3.78. The number of nitrogens with one attached hydrogen (secondary N) is 2. The zero-order valence-corrected chi connectivity index (χ0v) is 27.5. The number of piperazine rings is 1. The van der Waals surface area contributed by atoms with Crippen LogP contribution in [0, 0.1) is 5.82 Å². The monoisotopic (exact) mass is 656 g/mol. The lowest BCUT2D eigenvalue weighted by atomic mass is 9.66. The Kier molecular flexibility index (Phi) is 10.3. The first-order valence-corrected chi connectivity index (χ1v) is 17.3. The molecule has 0 saturated carbocycles. The molecule has 1 amide bonds. The second-order valence-corrected chi connectivity index (χ2v) is 14.7. The molecule has 0 aliphatic carbocycles. The highest BCUT2D eigenvalue weighted by atomic mass is 35.5. The molecule has 0 spiro atoms. The van der Waals surface area contributed by atoms with Gasteiger partial charge in [-0.05, 0) is 88.4 Å². The van der Waals surface area contributed by atoms with E-state index in [1.807, 2.05) is 32.9 Å². The maximum Gasteiger partial charge on any atom is 0.243 e. The van der Waals surface area contributed by atoms with Gasteiger partial charge >= 0.3 is 0 Å². The van der Waals surface area contributed by atoms with E-state index in [0.29, 0.717) is 48.6 Å². The Morgan fingerprint density at radius 1 is 1.04 bits per heavy atom. The largest absolute Gasteiger partial charge is 0.375 e. The molecule has 5 rings (SSSR count). The van der Waals surface area contributed by atoms with Gasteiger partial charge in [0.15, 0.2) is 0 Å². The summed E-state index contributed by atoms with van der Waals surface area (Å²) in [6.45, 7) is 6.75. The first-order chi connectivity index (χ1) is 21.4. The molecule has 2 saturated heterocycles. The average Bonchev–Trinajstić information content (AvgIpc) is 3.00. The molecular weight excluding hydrogens is 615 g/mol. The third-order valence-electron chi connectivity index (χ3n) is 9.10. The van der Waals surface area contributed by atoms with Crippen molar-refractivity contribution in [1.29, 1.82) is 0 Å². The van der Waals surface area contributed by atoms with Gasteiger partial charge in [-0.1, -0.05) is 48.0 Å². The lowest BCUT2D eigenvalue weighted by Gasteiger charge is -2.46. The molecule has 11 heteroatoms. The number of hydrogen-bond donors (Lipinski definition) is 3.